The Labute approximate surface area is 170 Å². The molecule has 0 saturated heterocycles. The first-order chi connectivity index (χ1) is 14.3. The van der Waals surface area contributed by atoms with E-state index in [4.69, 9.17) is 4.74 Å². The topological polar surface area (TPSA) is 56.6 Å². The van der Waals surface area contributed by atoms with E-state index < -0.39 is 6.36 Å². The Kier molecular flexibility index (Phi) is 5.11. The van der Waals surface area contributed by atoms with E-state index in [-0.39, 0.29) is 11.7 Å². The summed E-state index contributed by atoms with van der Waals surface area (Å²) in [7, 11) is 0. The Balaban J connectivity index is 1.59. The van der Waals surface area contributed by atoms with Crippen LogP contribution < -0.4 is 9.47 Å². The van der Waals surface area contributed by atoms with Crippen molar-refractivity contribution in [3.63, 3.8) is 0 Å². The van der Waals surface area contributed by atoms with Gasteiger partial charge >= 0.3 is 6.36 Å². The smallest absolute Gasteiger partial charge is 0.491 e. The Morgan fingerprint density at radius 2 is 1.87 bits per heavy atom. The summed E-state index contributed by atoms with van der Waals surface area (Å²) in [5.41, 5.74) is 2.72. The Morgan fingerprint density at radius 3 is 2.53 bits per heavy atom. The molecule has 0 N–H and O–H groups in total. The molecule has 6 nitrogen and oxygen atoms in total. The second-order valence-electron chi connectivity index (χ2n) is 6.90. The number of carbonyl (C=O) groups is 1. The van der Waals surface area contributed by atoms with Crippen LogP contribution in [0.2, 0.25) is 0 Å². The predicted molar refractivity (Wildman–Crippen MR) is 102 cm³/mol. The minimum atomic E-state index is -4.74. The summed E-state index contributed by atoms with van der Waals surface area (Å²) in [5, 5.41) is 4.22. The first-order valence-corrected chi connectivity index (χ1v) is 9.20. The molecule has 1 aliphatic rings. The zero-order chi connectivity index (χ0) is 21.3. The third-order valence-corrected chi connectivity index (χ3v) is 4.62. The van der Waals surface area contributed by atoms with Crippen molar-refractivity contribution in [3.05, 3.63) is 66.0 Å². The summed E-state index contributed by atoms with van der Waals surface area (Å²) in [6.07, 6.45) is -1.18. The van der Waals surface area contributed by atoms with Crippen LogP contribution in [-0.4, -0.2) is 40.1 Å². The van der Waals surface area contributed by atoms with Gasteiger partial charge in [-0.1, -0.05) is 18.2 Å². The van der Waals surface area contributed by atoms with Crippen LogP contribution in [0.1, 0.15) is 15.9 Å². The zero-order valence-corrected chi connectivity index (χ0v) is 16.0. The van der Waals surface area contributed by atoms with Crippen LogP contribution in [0, 0.1) is 6.92 Å². The largest absolute Gasteiger partial charge is 0.573 e. The molecular weight excluding hydrogens is 399 g/mol. The second kappa shape index (κ2) is 7.74. The third kappa shape index (κ3) is 4.40. The van der Waals surface area contributed by atoms with E-state index in [1.54, 1.807) is 34.0 Å². The van der Waals surface area contributed by atoms with Crippen LogP contribution in [0.15, 0.2) is 54.9 Å². The summed E-state index contributed by atoms with van der Waals surface area (Å²) >= 11 is 0. The molecule has 0 unspecified atom stereocenters. The number of alkyl halides is 3. The molecular formula is C21H18F3N3O3. The van der Waals surface area contributed by atoms with E-state index in [2.05, 4.69) is 9.84 Å². The molecule has 0 radical (unpaired) electrons. The van der Waals surface area contributed by atoms with Gasteiger partial charge in [-0.05, 0) is 47.9 Å². The van der Waals surface area contributed by atoms with E-state index in [0.717, 1.165) is 5.56 Å². The van der Waals surface area contributed by atoms with Gasteiger partial charge in [-0.3, -0.25) is 9.48 Å². The van der Waals surface area contributed by atoms with Crippen LogP contribution >= 0.6 is 0 Å². The highest BCUT2D eigenvalue weighted by Crippen LogP contribution is 2.31. The number of halogens is 3. The minimum Gasteiger partial charge on any atom is -0.491 e. The number of fused-ring (bicyclic) bond motifs is 1. The monoisotopic (exact) mass is 417 g/mol. The maximum Gasteiger partial charge on any atom is 0.573 e. The van der Waals surface area contributed by atoms with Crippen molar-refractivity contribution in [3.8, 4) is 22.6 Å². The maximum atomic E-state index is 13.1. The fourth-order valence-corrected chi connectivity index (χ4v) is 3.24. The first kappa shape index (κ1) is 19.8. The Morgan fingerprint density at radius 1 is 1.13 bits per heavy atom. The van der Waals surface area contributed by atoms with Gasteiger partial charge in [-0.2, -0.15) is 5.10 Å². The van der Waals surface area contributed by atoms with Crippen molar-refractivity contribution in [1.29, 1.82) is 0 Å². The lowest BCUT2D eigenvalue weighted by Gasteiger charge is -2.20. The normalized spacial score (nSPS) is 14.1. The Bertz CT molecular complexity index is 1060. The highest BCUT2D eigenvalue weighted by Gasteiger charge is 2.31. The fraction of sp³-hybridized carbons (Fsp3) is 0.238. The number of aromatic nitrogens is 2. The van der Waals surface area contributed by atoms with Crippen LogP contribution in [0.4, 0.5) is 13.2 Å². The molecule has 3 aromatic rings. The van der Waals surface area contributed by atoms with E-state index in [1.165, 1.54) is 24.3 Å². The van der Waals surface area contributed by atoms with Crippen molar-refractivity contribution in [2.45, 2.75) is 20.0 Å². The molecule has 4 rings (SSSR count). The molecule has 0 spiro atoms. The van der Waals surface area contributed by atoms with Crippen molar-refractivity contribution in [2.24, 2.45) is 0 Å². The summed E-state index contributed by atoms with van der Waals surface area (Å²) in [4.78, 5) is 14.7. The molecule has 0 aliphatic carbocycles. The Hall–Kier alpha value is -3.49. The molecule has 30 heavy (non-hydrogen) atoms. The van der Waals surface area contributed by atoms with E-state index in [9.17, 15) is 18.0 Å². The number of amides is 1. The molecule has 0 saturated carbocycles. The number of ether oxygens (including phenoxy) is 2. The molecule has 156 valence electrons. The molecule has 0 bridgehead atoms. The van der Waals surface area contributed by atoms with Gasteiger partial charge in [0.25, 0.3) is 5.91 Å². The lowest BCUT2D eigenvalue weighted by Crippen LogP contribution is -2.34. The highest BCUT2D eigenvalue weighted by atomic mass is 19.4. The average molecular weight is 417 g/mol. The number of carbonyl (C=O) groups excluding carboxylic acids is 1. The van der Waals surface area contributed by atoms with Gasteiger partial charge in [-0.15, -0.1) is 13.2 Å². The maximum absolute atomic E-state index is 13.1. The van der Waals surface area contributed by atoms with Gasteiger partial charge in [0, 0.05) is 6.20 Å². The SMILES string of the molecule is Cc1cnn(CN2CCOc3ccc(-c4ccc(OC(F)(F)F)cc4)cc3C2=O)c1. The third-order valence-electron chi connectivity index (χ3n) is 4.62. The number of rotatable bonds is 4. The van der Waals surface area contributed by atoms with E-state index in [1.807, 2.05) is 13.1 Å². The molecule has 0 atom stereocenters. The molecule has 1 amide bonds. The van der Waals surface area contributed by atoms with Gasteiger partial charge in [0.05, 0.1) is 18.3 Å². The fourth-order valence-electron chi connectivity index (χ4n) is 3.24. The average Bonchev–Trinajstić information content (AvgIpc) is 3.04. The van der Waals surface area contributed by atoms with Gasteiger partial charge in [0.2, 0.25) is 0 Å². The molecule has 9 heteroatoms. The number of aryl methyl sites for hydroxylation is 1. The summed E-state index contributed by atoms with van der Waals surface area (Å²) < 4.78 is 48.3. The molecule has 1 aromatic heterocycles. The van der Waals surface area contributed by atoms with Crippen molar-refractivity contribution in [1.82, 2.24) is 14.7 Å². The first-order valence-electron chi connectivity index (χ1n) is 9.20. The molecule has 2 aromatic carbocycles. The quantitative estimate of drug-likeness (QED) is 0.637. The highest BCUT2D eigenvalue weighted by molar-refractivity contribution is 5.98. The lowest BCUT2D eigenvalue weighted by atomic mass is 10.0. The van der Waals surface area contributed by atoms with Gasteiger partial charge < -0.3 is 14.4 Å². The molecule has 0 fully saturated rings. The van der Waals surface area contributed by atoms with Crippen LogP contribution in [0.3, 0.4) is 0 Å². The number of hydrogen-bond donors (Lipinski definition) is 0. The molecule has 2 heterocycles. The zero-order valence-electron chi connectivity index (χ0n) is 16.0. The summed E-state index contributed by atoms with van der Waals surface area (Å²) in [6, 6.07) is 10.6. The van der Waals surface area contributed by atoms with Crippen molar-refractivity contribution >= 4 is 5.91 Å². The van der Waals surface area contributed by atoms with Crippen molar-refractivity contribution in [2.75, 3.05) is 13.2 Å². The van der Waals surface area contributed by atoms with Gasteiger partial charge in [-0.25, -0.2) is 0 Å². The van der Waals surface area contributed by atoms with Gasteiger partial charge in [0.15, 0.2) is 0 Å². The van der Waals surface area contributed by atoms with Crippen LogP contribution in [0.5, 0.6) is 11.5 Å². The number of benzene rings is 2. The van der Waals surface area contributed by atoms with Gasteiger partial charge in [0.1, 0.15) is 24.8 Å². The molecule has 1 aliphatic heterocycles. The van der Waals surface area contributed by atoms with Crippen LogP contribution in [-0.2, 0) is 6.67 Å². The number of nitrogens with zero attached hydrogens (tertiary/aromatic N) is 3. The second-order valence-corrected chi connectivity index (χ2v) is 6.90. The summed E-state index contributed by atoms with van der Waals surface area (Å²) in [5.74, 6) is -0.0319. The standard InChI is InChI=1S/C21H18F3N3O3/c1-14-11-25-27(12-14)13-26-8-9-29-19-7-4-16(10-18(19)20(26)28)15-2-5-17(6-3-15)30-21(22,23)24/h2-7,10-12H,8-9,13H2,1H3. The predicted octanol–water partition coefficient (Wildman–Crippen LogP) is 4.25. The van der Waals surface area contributed by atoms with E-state index in [0.29, 0.717) is 42.3 Å². The van der Waals surface area contributed by atoms with Crippen LogP contribution in [0.25, 0.3) is 11.1 Å². The van der Waals surface area contributed by atoms with Crippen molar-refractivity contribution < 1.29 is 27.4 Å². The number of hydrogen-bond acceptors (Lipinski definition) is 4. The van der Waals surface area contributed by atoms with E-state index >= 15 is 0 Å². The summed E-state index contributed by atoms with van der Waals surface area (Å²) in [6.45, 7) is 2.97. The minimum absolute atomic E-state index is 0.200. The lowest BCUT2D eigenvalue weighted by molar-refractivity contribution is -0.274.